The highest BCUT2D eigenvalue weighted by atomic mass is 32.1. The van der Waals surface area contributed by atoms with E-state index in [1.165, 1.54) is 0 Å². The van der Waals surface area contributed by atoms with E-state index in [-0.39, 0.29) is 5.41 Å². The lowest BCUT2D eigenvalue weighted by Crippen LogP contribution is -2.12. The van der Waals surface area contributed by atoms with Gasteiger partial charge in [0, 0.05) is 10.5 Å². The van der Waals surface area contributed by atoms with Gasteiger partial charge >= 0.3 is 0 Å². The van der Waals surface area contributed by atoms with Crippen molar-refractivity contribution in [2.24, 2.45) is 0 Å². The molecule has 0 aliphatic rings. The van der Waals surface area contributed by atoms with Crippen LogP contribution in [0.3, 0.4) is 0 Å². The molecular formula is C12H18OS. The fourth-order valence-corrected chi connectivity index (χ4v) is 1.80. The number of thiol groups is 1. The molecule has 1 aromatic carbocycles. The third-order valence-corrected chi connectivity index (χ3v) is 2.62. The van der Waals surface area contributed by atoms with Gasteiger partial charge in [-0.2, -0.15) is 0 Å². The highest BCUT2D eigenvalue weighted by Crippen LogP contribution is 2.35. The Hall–Kier alpha value is -0.630. The minimum absolute atomic E-state index is 0.0350. The van der Waals surface area contributed by atoms with E-state index in [1.54, 1.807) is 0 Å². The summed E-state index contributed by atoms with van der Waals surface area (Å²) in [5, 5.41) is 10.0. The maximum atomic E-state index is 10.0. The van der Waals surface area contributed by atoms with E-state index in [1.807, 2.05) is 19.1 Å². The van der Waals surface area contributed by atoms with E-state index in [0.29, 0.717) is 5.75 Å². The number of phenolic OH excluding ortho intramolecular Hbond substituents is 1. The van der Waals surface area contributed by atoms with Crippen molar-refractivity contribution in [2.45, 2.75) is 44.4 Å². The molecule has 0 fully saturated rings. The molecule has 0 radical (unpaired) electrons. The Morgan fingerprint density at radius 2 is 1.86 bits per heavy atom. The number of aromatic hydroxyl groups is 1. The van der Waals surface area contributed by atoms with Gasteiger partial charge in [0.2, 0.25) is 0 Å². The second-order valence-corrected chi connectivity index (χ2v) is 5.12. The van der Waals surface area contributed by atoms with Gasteiger partial charge in [-0.1, -0.05) is 27.7 Å². The van der Waals surface area contributed by atoms with Gasteiger partial charge in [-0.15, -0.1) is 12.6 Å². The molecule has 0 spiro atoms. The summed E-state index contributed by atoms with van der Waals surface area (Å²) in [6, 6.07) is 3.87. The third-order valence-electron chi connectivity index (χ3n) is 2.36. The topological polar surface area (TPSA) is 20.2 Å². The Morgan fingerprint density at radius 1 is 1.29 bits per heavy atom. The van der Waals surface area contributed by atoms with Crippen LogP contribution in [0.15, 0.2) is 17.0 Å². The lowest BCUT2D eigenvalue weighted by molar-refractivity contribution is 0.440. The van der Waals surface area contributed by atoms with Gasteiger partial charge in [0.25, 0.3) is 0 Å². The molecule has 0 saturated carbocycles. The normalized spacial score (nSPS) is 11.8. The van der Waals surface area contributed by atoms with Gasteiger partial charge in [-0.05, 0) is 29.5 Å². The van der Waals surface area contributed by atoms with Crippen molar-refractivity contribution in [3.05, 3.63) is 23.3 Å². The first-order chi connectivity index (χ1) is 6.36. The lowest BCUT2D eigenvalue weighted by Gasteiger charge is -2.22. The molecule has 1 N–H and O–H groups in total. The van der Waals surface area contributed by atoms with Crippen LogP contribution in [0.5, 0.6) is 5.75 Å². The molecule has 0 unspecified atom stereocenters. The summed E-state index contributed by atoms with van der Waals surface area (Å²) in [6.07, 6.45) is 0.837. The van der Waals surface area contributed by atoms with E-state index >= 15 is 0 Å². The zero-order chi connectivity index (χ0) is 10.9. The monoisotopic (exact) mass is 210 g/mol. The fourth-order valence-electron chi connectivity index (χ4n) is 1.52. The van der Waals surface area contributed by atoms with Gasteiger partial charge in [0.1, 0.15) is 5.75 Å². The first-order valence-corrected chi connectivity index (χ1v) is 5.36. The number of benzene rings is 1. The molecule has 0 bridgehead atoms. The van der Waals surface area contributed by atoms with Crippen LogP contribution in [0, 0.1) is 0 Å². The molecule has 0 heterocycles. The van der Waals surface area contributed by atoms with Crippen molar-refractivity contribution in [2.75, 3.05) is 0 Å². The number of hydrogen-bond acceptors (Lipinski definition) is 2. The smallest absolute Gasteiger partial charge is 0.122 e. The Kier molecular flexibility index (Phi) is 3.15. The molecule has 78 valence electrons. The Bertz CT molecular complexity index is 337. The Morgan fingerprint density at radius 3 is 2.29 bits per heavy atom. The third kappa shape index (κ3) is 2.24. The van der Waals surface area contributed by atoms with Crippen molar-refractivity contribution in [1.82, 2.24) is 0 Å². The van der Waals surface area contributed by atoms with E-state index in [4.69, 9.17) is 0 Å². The molecule has 2 heteroatoms. The van der Waals surface area contributed by atoms with E-state index < -0.39 is 0 Å². The second kappa shape index (κ2) is 3.85. The quantitative estimate of drug-likeness (QED) is 0.679. The molecule has 0 saturated heterocycles. The zero-order valence-electron chi connectivity index (χ0n) is 9.26. The molecular weight excluding hydrogens is 192 g/mol. The second-order valence-electron chi connectivity index (χ2n) is 4.60. The number of phenols is 1. The molecule has 14 heavy (non-hydrogen) atoms. The first-order valence-electron chi connectivity index (χ1n) is 4.91. The van der Waals surface area contributed by atoms with Crippen LogP contribution >= 0.6 is 12.6 Å². The van der Waals surface area contributed by atoms with Crippen LogP contribution in [0.1, 0.15) is 38.8 Å². The van der Waals surface area contributed by atoms with Crippen LogP contribution < -0.4 is 0 Å². The van der Waals surface area contributed by atoms with Crippen LogP contribution in [0.25, 0.3) is 0 Å². The van der Waals surface area contributed by atoms with Crippen LogP contribution in [0.4, 0.5) is 0 Å². The molecule has 0 amide bonds. The van der Waals surface area contributed by atoms with E-state index in [0.717, 1.165) is 22.4 Å². The summed E-state index contributed by atoms with van der Waals surface area (Å²) in [7, 11) is 0. The fraction of sp³-hybridized carbons (Fsp3) is 0.500. The average molecular weight is 210 g/mol. The van der Waals surface area contributed by atoms with Gasteiger partial charge in [-0.25, -0.2) is 0 Å². The molecule has 0 aromatic heterocycles. The summed E-state index contributed by atoms with van der Waals surface area (Å²) in [5.74, 6) is 0.429. The Labute approximate surface area is 91.6 Å². The maximum Gasteiger partial charge on any atom is 0.122 e. The zero-order valence-corrected chi connectivity index (χ0v) is 10.2. The molecule has 1 nitrogen and oxygen atoms in total. The van der Waals surface area contributed by atoms with Gasteiger partial charge in [0.15, 0.2) is 0 Å². The van der Waals surface area contributed by atoms with Crippen LogP contribution in [-0.4, -0.2) is 5.11 Å². The predicted octanol–water partition coefficient (Wildman–Crippen LogP) is 3.54. The average Bonchev–Trinajstić information content (AvgIpc) is 2.06. The molecule has 0 aliphatic carbocycles. The minimum Gasteiger partial charge on any atom is -0.507 e. The van der Waals surface area contributed by atoms with Gasteiger partial charge in [0.05, 0.1) is 0 Å². The number of rotatable bonds is 1. The largest absolute Gasteiger partial charge is 0.507 e. The minimum atomic E-state index is -0.0350. The van der Waals surface area contributed by atoms with Gasteiger partial charge < -0.3 is 5.11 Å². The van der Waals surface area contributed by atoms with Crippen molar-refractivity contribution >= 4 is 12.6 Å². The number of aryl methyl sites for hydroxylation is 1. The molecule has 0 aliphatic heterocycles. The van der Waals surface area contributed by atoms with Crippen molar-refractivity contribution < 1.29 is 5.11 Å². The van der Waals surface area contributed by atoms with E-state index in [9.17, 15) is 5.11 Å². The summed E-state index contributed by atoms with van der Waals surface area (Å²) < 4.78 is 0. The van der Waals surface area contributed by atoms with E-state index in [2.05, 4.69) is 33.4 Å². The van der Waals surface area contributed by atoms with Gasteiger partial charge in [-0.3, -0.25) is 0 Å². The van der Waals surface area contributed by atoms with Crippen molar-refractivity contribution in [1.29, 1.82) is 0 Å². The van der Waals surface area contributed by atoms with Crippen LogP contribution in [0.2, 0.25) is 0 Å². The first kappa shape index (κ1) is 11.4. The van der Waals surface area contributed by atoms with Crippen molar-refractivity contribution in [3.63, 3.8) is 0 Å². The Balaban J connectivity index is 3.37. The lowest BCUT2D eigenvalue weighted by atomic mass is 9.85. The summed E-state index contributed by atoms with van der Waals surface area (Å²) in [5.41, 5.74) is 1.91. The highest BCUT2D eigenvalue weighted by Gasteiger charge is 2.20. The molecule has 1 rings (SSSR count). The standard InChI is InChI=1S/C12H18OS/c1-5-8-6-9(14)7-10(11(8)13)12(2,3)4/h6-7,13-14H,5H2,1-4H3. The number of hydrogen-bond donors (Lipinski definition) is 2. The molecule has 1 aromatic rings. The van der Waals surface area contributed by atoms with Crippen molar-refractivity contribution in [3.8, 4) is 5.75 Å². The highest BCUT2D eigenvalue weighted by molar-refractivity contribution is 7.80. The SMILES string of the molecule is CCc1cc(S)cc(C(C)(C)C)c1O. The summed E-state index contributed by atoms with van der Waals surface area (Å²) >= 11 is 4.35. The molecule has 0 atom stereocenters. The maximum absolute atomic E-state index is 10.0. The predicted molar refractivity (Wildman–Crippen MR) is 63.4 cm³/mol. The summed E-state index contributed by atoms with van der Waals surface area (Å²) in [6.45, 7) is 8.31. The van der Waals surface area contributed by atoms with Crippen LogP contribution in [-0.2, 0) is 11.8 Å². The summed E-state index contributed by atoms with van der Waals surface area (Å²) in [4.78, 5) is 0.921.